The van der Waals surface area contributed by atoms with Crippen LogP contribution in [0.2, 0.25) is 0 Å². The summed E-state index contributed by atoms with van der Waals surface area (Å²) in [6, 6.07) is 12.1. The van der Waals surface area contributed by atoms with Crippen molar-refractivity contribution < 1.29 is 9.53 Å². The van der Waals surface area contributed by atoms with E-state index in [2.05, 4.69) is 37.4 Å². The van der Waals surface area contributed by atoms with E-state index in [1.165, 1.54) is 11.1 Å². The molecule has 0 saturated carbocycles. The van der Waals surface area contributed by atoms with E-state index in [0.29, 0.717) is 0 Å². The molecule has 1 N–H and O–H groups in total. The second-order valence-electron chi connectivity index (χ2n) is 6.55. The quantitative estimate of drug-likeness (QED) is 0.875. The zero-order chi connectivity index (χ0) is 17.9. The Hall–Kier alpha value is -2.29. The van der Waals surface area contributed by atoms with Crippen LogP contribution in [0.3, 0.4) is 0 Å². The van der Waals surface area contributed by atoms with Gasteiger partial charge in [0.1, 0.15) is 5.75 Å². The van der Waals surface area contributed by atoms with Gasteiger partial charge in [-0.3, -0.25) is 4.79 Å². The smallest absolute Gasteiger partial charge is 0.261 e. The lowest BCUT2D eigenvalue weighted by molar-refractivity contribution is -0.127. The fourth-order valence-corrected chi connectivity index (χ4v) is 2.82. The Morgan fingerprint density at radius 2 is 1.71 bits per heavy atom. The molecule has 0 radical (unpaired) electrons. The molecule has 0 aromatic heterocycles. The number of rotatable bonds is 5. The lowest BCUT2D eigenvalue weighted by Gasteiger charge is -2.21. The number of hydrogen-bond donors (Lipinski definition) is 1. The molecule has 128 valence electrons. The van der Waals surface area contributed by atoms with Crippen molar-refractivity contribution in [2.24, 2.45) is 0 Å². The highest BCUT2D eigenvalue weighted by Gasteiger charge is 2.19. The standard InChI is InChI=1S/C21H27NO2/c1-13-10-11-19(15(3)12-13)17(5)22-21(23)18(6)24-20-9-7-8-14(2)16(20)4/h7-12,17-18H,1-6H3,(H,22,23). The van der Waals surface area contributed by atoms with Crippen molar-refractivity contribution in [2.45, 2.75) is 53.7 Å². The molecule has 3 heteroatoms. The molecular formula is C21H27NO2. The number of ether oxygens (including phenoxy) is 1. The van der Waals surface area contributed by atoms with Gasteiger partial charge in [-0.15, -0.1) is 0 Å². The molecule has 24 heavy (non-hydrogen) atoms. The Labute approximate surface area is 145 Å². The summed E-state index contributed by atoms with van der Waals surface area (Å²) in [5.74, 6) is 0.653. The number of carbonyl (C=O) groups is 1. The van der Waals surface area contributed by atoms with Gasteiger partial charge in [-0.25, -0.2) is 0 Å². The summed E-state index contributed by atoms with van der Waals surface area (Å²) in [6.45, 7) is 12.0. The fourth-order valence-electron chi connectivity index (χ4n) is 2.82. The van der Waals surface area contributed by atoms with E-state index < -0.39 is 6.10 Å². The van der Waals surface area contributed by atoms with Crippen LogP contribution < -0.4 is 10.1 Å². The third-order valence-electron chi connectivity index (χ3n) is 4.48. The van der Waals surface area contributed by atoms with E-state index in [9.17, 15) is 4.79 Å². The Kier molecular flexibility index (Phi) is 5.66. The first-order valence-corrected chi connectivity index (χ1v) is 8.40. The lowest BCUT2D eigenvalue weighted by Crippen LogP contribution is -2.38. The topological polar surface area (TPSA) is 38.3 Å². The Morgan fingerprint density at radius 3 is 2.38 bits per heavy atom. The summed E-state index contributed by atoms with van der Waals surface area (Å²) in [6.07, 6.45) is -0.543. The average Bonchev–Trinajstić information content (AvgIpc) is 2.51. The number of amides is 1. The second-order valence-corrected chi connectivity index (χ2v) is 6.55. The van der Waals surface area contributed by atoms with Gasteiger partial charge in [0.05, 0.1) is 6.04 Å². The zero-order valence-corrected chi connectivity index (χ0v) is 15.4. The number of hydrogen-bond acceptors (Lipinski definition) is 2. The van der Waals surface area contributed by atoms with E-state index in [1.807, 2.05) is 39.0 Å². The van der Waals surface area contributed by atoms with Crippen LogP contribution in [-0.2, 0) is 4.79 Å². The van der Waals surface area contributed by atoms with E-state index >= 15 is 0 Å². The second kappa shape index (κ2) is 7.52. The van der Waals surface area contributed by atoms with Crippen molar-refractivity contribution in [2.75, 3.05) is 0 Å². The van der Waals surface area contributed by atoms with Crippen LogP contribution in [0.15, 0.2) is 36.4 Å². The monoisotopic (exact) mass is 325 g/mol. The van der Waals surface area contributed by atoms with Crippen molar-refractivity contribution in [3.8, 4) is 5.75 Å². The van der Waals surface area contributed by atoms with E-state index in [-0.39, 0.29) is 11.9 Å². The Balaban J connectivity index is 2.04. The average molecular weight is 325 g/mol. The van der Waals surface area contributed by atoms with Gasteiger partial charge in [0.25, 0.3) is 5.91 Å². The number of benzene rings is 2. The maximum Gasteiger partial charge on any atom is 0.261 e. The van der Waals surface area contributed by atoms with Gasteiger partial charge in [-0.05, 0) is 69.9 Å². The summed E-state index contributed by atoms with van der Waals surface area (Å²) in [4.78, 5) is 12.5. The molecule has 0 bridgehead atoms. The van der Waals surface area contributed by atoms with Crippen LogP contribution in [0.5, 0.6) is 5.75 Å². The van der Waals surface area contributed by atoms with Gasteiger partial charge in [-0.2, -0.15) is 0 Å². The van der Waals surface area contributed by atoms with E-state index in [0.717, 1.165) is 22.4 Å². The summed E-state index contributed by atoms with van der Waals surface area (Å²) in [5.41, 5.74) is 5.77. The molecule has 0 aliphatic heterocycles. The maximum absolute atomic E-state index is 12.5. The normalized spacial score (nSPS) is 13.2. The first-order valence-electron chi connectivity index (χ1n) is 8.40. The molecule has 0 heterocycles. The summed E-state index contributed by atoms with van der Waals surface area (Å²) in [7, 11) is 0. The third-order valence-corrected chi connectivity index (χ3v) is 4.48. The molecule has 0 aliphatic carbocycles. The first-order chi connectivity index (χ1) is 11.3. The van der Waals surface area contributed by atoms with Crippen LogP contribution in [0.25, 0.3) is 0 Å². The minimum Gasteiger partial charge on any atom is -0.481 e. The van der Waals surface area contributed by atoms with Crippen molar-refractivity contribution in [1.29, 1.82) is 0 Å². The van der Waals surface area contributed by atoms with Crippen LogP contribution >= 0.6 is 0 Å². The zero-order valence-electron chi connectivity index (χ0n) is 15.4. The SMILES string of the molecule is Cc1ccc(C(C)NC(=O)C(C)Oc2cccc(C)c2C)c(C)c1. The molecule has 0 spiro atoms. The fraction of sp³-hybridized carbons (Fsp3) is 0.381. The first kappa shape index (κ1) is 18.1. The van der Waals surface area contributed by atoms with Crippen LogP contribution in [0.1, 0.15) is 47.7 Å². The molecule has 3 nitrogen and oxygen atoms in total. The predicted octanol–water partition coefficient (Wildman–Crippen LogP) is 4.56. The Morgan fingerprint density at radius 1 is 1.00 bits per heavy atom. The van der Waals surface area contributed by atoms with Crippen LogP contribution in [-0.4, -0.2) is 12.0 Å². The minimum atomic E-state index is -0.543. The summed E-state index contributed by atoms with van der Waals surface area (Å²) in [5, 5.41) is 3.05. The number of aryl methyl sites for hydroxylation is 3. The molecule has 0 saturated heterocycles. The molecule has 1 amide bonds. The largest absolute Gasteiger partial charge is 0.481 e. The van der Waals surface area contributed by atoms with Gasteiger partial charge in [-0.1, -0.05) is 35.9 Å². The molecule has 2 rings (SSSR count). The van der Waals surface area contributed by atoms with E-state index in [4.69, 9.17) is 4.74 Å². The van der Waals surface area contributed by atoms with Gasteiger partial charge < -0.3 is 10.1 Å². The van der Waals surface area contributed by atoms with Gasteiger partial charge in [0.15, 0.2) is 6.10 Å². The lowest BCUT2D eigenvalue weighted by atomic mass is 10.00. The minimum absolute atomic E-state index is 0.0530. The van der Waals surface area contributed by atoms with Gasteiger partial charge >= 0.3 is 0 Å². The predicted molar refractivity (Wildman–Crippen MR) is 98.5 cm³/mol. The van der Waals surface area contributed by atoms with Gasteiger partial charge in [0.2, 0.25) is 0 Å². The van der Waals surface area contributed by atoms with Crippen molar-refractivity contribution in [3.05, 3.63) is 64.2 Å². The Bertz CT molecular complexity index is 737. The van der Waals surface area contributed by atoms with Gasteiger partial charge in [0, 0.05) is 0 Å². The van der Waals surface area contributed by atoms with Crippen LogP contribution in [0.4, 0.5) is 0 Å². The highest BCUT2D eigenvalue weighted by Crippen LogP contribution is 2.22. The maximum atomic E-state index is 12.5. The highest BCUT2D eigenvalue weighted by atomic mass is 16.5. The van der Waals surface area contributed by atoms with Crippen LogP contribution in [0, 0.1) is 27.7 Å². The highest BCUT2D eigenvalue weighted by molar-refractivity contribution is 5.81. The van der Waals surface area contributed by atoms with E-state index in [1.54, 1.807) is 6.92 Å². The molecule has 2 aromatic carbocycles. The molecular weight excluding hydrogens is 298 g/mol. The molecule has 0 fully saturated rings. The third kappa shape index (κ3) is 4.16. The van der Waals surface area contributed by atoms with Crippen molar-refractivity contribution in [1.82, 2.24) is 5.32 Å². The summed E-state index contributed by atoms with van der Waals surface area (Å²) < 4.78 is 5.86. The number of carbonyl (C=O) groups excluding carboxylic acids is 1. The molecule has 2 unspecified atom stereocenters. The molecule has 0 aliphatic rings. The summed E-state index contributed by atoms with van der Waals surface area (Å²) >= 11 is 0. The molecule has 2 atom stereocenters. The number of nitrogens with one attached hydrogen (secondary N) is 1. The van der Waals surface area contributed by atoms with Crippen molar-refractivity contribution >= 4 is 5.91 Å². The van der Waals surface area contributed by atoms with Crippen molar-refractivity contribution in [3.63, 3.8) is 0 Å². The molecule has 2 aromatic rings.